The summed E-state index contributed by atoms with van der Waals surface area (Å²) in [5.41, 5.74) is -12.7. The number of esters is 2. The van der Waals surface area contributed by atoms with E-state index in [9.17, 15) is 45.6 Å². The lowest BCUT2D eigenvalue weighted by Crippen LogP contribution is -2.47. The number of ether oxygens (including phenoxy) is 2. The molecule has 46 heavy (non-hydrogen) atoms. The van der Waals surface area contributed by atoms with E-state index in [0.717, 1.165) is 16.8 Å². The molecule has 0 saturated heterocycles. The number of aromatic nitrogens is 2. The van der Waals surface area contributed by atoms with Crippen LogP contribution in [0.1, 0.15) is 64.4 Å². The molecule has 1 aliphatic rings. The third-order valence-corrected chi connectivity index (χ3v) is 8.35. The first-order valence-electron chi connectivity index (χ1n) is 13.9. The van der Waals surface area contributed by atoms with Crippen LogP contribution in [0.3, 0.4) is 0 Å². The van der Waals surface area contributed by atoms with Gasteiger partial charge >= 0.3 is 33.3 Å². The van der Waals surface area contributed by atoms with Gasteiger partial charge in [-0.25, -0.2) is 4.79 Å². The van der Waals surface area contributed by atoms with Gasteiger partial charge in [0.15, 0.2) is 0 Å². The highest BCUT2D eigenvalue weighted by Gasteiger charge is 2.58. The van der Waals surface area contributed by atoms with Crippen LogP contribution < -0.4 is 11.2 Å². The molecule has 1 aromatic heterocycles. The maximum Gasteiger partial charge on any atom is 0.523 e. The van der Waals surface area contributed by atoms with E-state index in [1.54, 1.807) is 6.07 Å². The van der Waals surface area contributed by atoms with Gasteiger partial charge in [-0.3, -0.25) is 27.9 Å². The van der Waals surface area contributed by atoms with Crippen molar-refractivity contribution in [1.82, 2.24) is 9.13 Å². The van der Waals surface area contributed by atoms with Gasteiger partial charge in [-0.15, -0.1) is 0 Å². The topological polar surface area (TPSA) is 157 Å². The van der Waals surface area contributed by atoms with E-state index < -0.39 is 92.7 Å². The van der Waals surface area contributed by atoms with Gasteiger partial charge in [0.2, 0.25) is 0 Å². The van der Waals surface area contributed by atoms with Crippen LogP contribution in [0.5, 0.6) is 0 Å². The van der Waals surface area contributed by atoms with Crippen molar-refractivity contribution in [3.8, 4) is 0 Å². The predicted octanol–water partition coefficient (Wildman–Crippen LogP) is 3.60. The molecular formula is C30H35F3N2O10S. The van der Waals surface area contributed by atoms with E-state index in [-0.39, 0.29) is 11.1 Å². The zero-order chi connectivity index (χ0) is 35.0. The Morgan fingerprint density at radius 2 is 1.50 bits per heavy atom. The Labute approximate surface area is 262 Å². The fourth-order valence-electron chi connectivity index (χ4n) is 4.56. The molecule has 3 atom stereocenters. The van der Waals surface area contributed by atoms with Crippen molar-refractivity contribution in [2.24, 2.45) is 16.2 Å². The average Bonchev–Trinajstić information content (AvgIpc) is 3.20. The van der Waals surface area contributed by atoms with Gasteiger partial charge in [-0.05, 0) is 59.2 Å². The molecule has 0 bridgehead atoms. The third kappa shape index (κ3) is 7.33. The lowest BCUT2D eigenvalue weighted by molar-refractivity contribution is -0.171. The summed E-state index contributed by atoms with van der Waals surface area (Å²) in [6, 6.07) is 6.95. The molecule has 16 heteroatoms. The predicted molar refractivity (Wildman–Crippen MR) is 157 cm³/mol. The molecule has 252 valence electrons. The molecule has 0 radical (unpaired) electrons. The molecular weight excluding hydrogens is 637 g/mol. The number of hydrogen-bond acceptors (Lipinski definition) is 10. The molecule has 1 aliphatic carbocycles. The van der Waals surface area contributed by atoms with Crippen molar-refractivity contribution in [2.75, 3.05) is 13.2 Å². The monoisotopic (exact) mass is 672 g/mol. The number of alkyl halides is 3. The number of nitrogens with zero attached hydrogens (tertiary/aromatic N) is 2. The van der Waals surface area contributed by atoms with Crippen molar-refractivity contribution in [3.05, 3.63) is 81.1 Å². The highest BCUT2D eigenvalue weighted by atomic mass is 32.2. The SMILES string of the molecule is C=C1[C@@H](n2ccc(=O)n(C(=O)c3ccccc3)c2=O)C[C@H](OC(=O)C(C)(C)C)[C@]1(COC(=O)C(C)(C)C)COS(=O)(=O)C(F)(F)F. The number of benzene rings is 1. The third-order valence-electron chi connectivity index (χ3n) is 7.36. The molecule has 1 heterocycles. The fourth-order valence-corrected chi connectivity index (χ4v) is 5.06. The van der Waals surface area contributed by atoms with Crippen LogP contribution in [0.2, 0.25) is 0 Å². The molecule has 0 amide bonds. The molecule has 0 unspecified atom stereocenters. The van der Waals surface area contributed by atoms with Crippen LogP contribution in [0.4, 0.5) is 13.2 Å². The van der Waals surface area contributed by atoms with Crippen LogP contribution in [-0.2, 0) is 33.4 Å². The summed E-state index contributed by atoms with van der Waals surface area (Å²) in [5.74, 6) is -2.69. The van der Waals surface area contributed by atoms with Gasteiger partial charge in [0.1, 0.15) is 12.7 Å². The molecule has 0 aliphatic heterocycles. The average molecular weight is 673 g/mol. The number of carbonyl (C=O) groups is 3. The Balaban J connectivity index is 2.23. The van der Waals surface area contributed by atoms with E-state index >= 15 is 0 Å². The maximum atomic E-state index is 13.7. The highest BCUT2D eigenvalue weighted by Crippen LogP contribution is 2.51. The zero-order valence-electron chi connectivity index (χ0n) is 26.0. The van der Waals surface area contributed by atoms with Gasteiger partial charge in [-0.2, -0.15) is 26.2 Å². The summed E-state index contributed by atoms with van der Waals surface area (Å²) in [5, 5.41) is 0. The first kappa shape index (κ1) is 36.4. The molecule has 1 aromatic carbocycles. The van der Waals surface area contributed by atoms with E-state index in [1.807, 2.05) is 0 Å². The van der Waals surface area contributed by atoms with E-state index in [4.69, 9.17) is 9.47 Å². The number of halogens is 3. The summed E-state index contributed by atoms with van der Waals surface area (Å²) >= 11 is 0. The second-order valence-corrected chi connectivity index (χ2v) is 14.5. The van der Waals surface area contributed by atoms with Crippen LogP contribution in [0.15, 0.2) is 64.3 Å². The molecule has 12 nitrogen and oxygen atoms in total. The minimum Gasteiger partial charge on any atom is -0.464 e. The smallest absolute Gasteiger partial charge is 0.464 e. The Kier molecular flexibility index (Phi) is 10.00. The Morgan fingerprint density at radius 3 is 2.02 bits per heavy atom. The molecule has 0 N–H and O–H groups in total. The fraction of sp³-hybridized carbons (Fsp3) is 0.500. The highest BCUT2D eigenvalue weighted by molar-refractivity contribution is 7.87. The largest absolute Gasteiger partial charge is 0.523 e. The zero-order valence-corrected chi connectivity index (χ0v) is 26.9. The number of hydrogen-bond donors (Lipinski definition) is 0. The molecule has 3 rings (SSSR count). The molecule has 1 fully saturated rings. The van der Waals surface area contributed by atoms with Crippen molar-refractivity contribution in [3.63, 3.8) is 0 Å². The summed E-state index contributed by atoms with van der Waals surface area (Å²) in [6.07, 6.45) is -0.964. The lowest BCUT2D eigenvalue weighted by atomic mass is 9.81. The quantitative estimate of drug-likeness (QED) is 0.176. The van der Waals surface area contributed by atoms with E-state index in [0.29, 0.717) is 4.57 Å². The second-order valence-electron chi connectivity index (χ2n) is 12.9. The van der Waals surface area contributed by atoms with Crippen molar-refractivity contribution in [2.45, 2.75) is 65.6 Å². The summed E-state index contributed by atoms with van der Waals surface area (Å²) in [7, 11) is -6.22. The van der Waals surface area contributed by atoms with Crippen molar-refractivity contribution < 1.29 is 49.6 Å². The molecule has 2 aromatic rings. The number of rotatable bonds is 8. The summed E-state index contributed by atoms with van der Waals surface area (Å²) < 4.78 is 80.8. The first-order chi connectivity index (χ1) is 20.9. The normalized spacial score (nSPS) is 20.8. The minimum absolute atomic E-state index is 0.00382. The Morgan fingerprint density at radius 1 is 0.935 bits per heavy atom. The Hall–Kier alpha value is -4.05. The van der Waals surface area contributed by atoms with Gasteiger partial charge < -0.3 is 9.47 Å². The van der Waals surface area contributed by atoms with Crippen LogP contribution in [0, 0.1) is 16.2 Å². The van der Waals surface area contributed by atoms with Crippen LogP contribution in [-0.4, -0.2) is 60.2 Å². The van der Waals surface area contributed by atoms with Gasteiger partial charge in [0.05, 0.1) is 28.9 Å². The molecule has 0 spiro atoms. The van der Waals surface area contributed by atoms with Crippen LogP contribution >= 0.6 is 0 Å². The van der Waals surface area contributed by atoms with Gasteiger partial charge in [0, 0.05) is 24.2 Å². The Bertz CT molecular complexity index is 1750. The van der Waals surface area contributed by atoms with E-state index in [1.165, 1.54) is 65.8 Å². The van der Waals surface area contributed by atoms with Gasteiger partial charge in [-0.1, -0.05) is 24.8 Å². The summed E-state index contributed by atoms with van der Waals surface area (Å²) in [4.78, 5) is 65.4. The van der Waals surface area contributed by atoms with Crippen molar-refractivity contribution in [1.29, 1.82) is 0 Å². The maximum absolute atomic E-state index is 13.7. The molecule has 1 saturated carbocycles. The van der Waals surface area contributed by atoms with Crippen molar-refractivity contribution >= 4 is 28.0 Å². The standard InChI is InChI=1S/C30H35F3N2O10S/c1-18-20(34-14-13-22(36)35(26(34)40)23(37)19-11-9-8-10-12-19)15-21(45-25(39)28(5,6)7)29(18,16-43-24(38)27(2,3)4)17-44-46(41,42)30(31,32)33/h8-14,20-21H,1,15-17H2,2-7H3/t20-,21-,29+/m0/s1. The van der Waals surface area contributed by atoms with E-state index in [2.05, 4.69) is 10.8 Å². The van der Waals surface area contributed by atoms with Crippen LogP contribution in [0.25, 0.3) is 0 Å². The lowest BCUT2D eigenvalue weighted by Gasteiger charge is -2.36. The van der Waals surface area contributed by atoms with Gasteiger partial charge in [0.25, 0.3) is 11.5 Å². The minimum atomic E-state index is -6.22. The second kappa shape index (κ2) is 12.6. The first-order valence-corrected chi connectivity index (χ1v) is 15.3. The summed E-state index contributed by atoms with van der Waals surface area (Å²) in [6.45, 7) is 10.6. The number of carbonyl (C=O) groups excluding carboxylic acids is 3.